The Bertz CT molecular complexity index is 414. The van der Waals surface area contributed by atoms with Gasteiger partial charge in [0, 0.05) is 31.4 Å². The quantitative estimate of drug-likeness (QED) is 0.767. The third-order valence-corrected chi connectivity index (χ3v) is 4.52. The second-order valence-electron chi connectivity index (χ2n) is 4.68. The summed E-state index contributed by atoms with van der Waals surface area (Å²) in [6, 6.07) is 0.629. The van der Waals surface area contributed by atoms with Gasteiger partial charge >= 0.3 is 0 Å². The fourth-order valence-corrected chi connectivity index (χ4v) is 3.43. The van der Waals surface area contributed by atoms with Gasteiger partial charge in [-0.05, 0) is 19.5 Å². The molecule has 1 aliphatic rings. The van der Waals surface area contributed by atoms with Crippen LogP contribution in [0.15, 0.2) is 5.38 Å². The molecule has 0 aromatic carbocycles. The minimum Gasteiger partial charge on any atom is -0.346 e. The summed E-state index contributed by atoms with van der Waals surface area (Å²) in [5.74, 6) is 0.0528. The first-order valence-corrected chi connectivity index (χ1v) is 7.49. The molecule has 2 rings (SSSR count). The standard InChI is InChI=1S/C13H21N3OS/c1-4-15(5-2)11-6-7-16(8-11)13-14-12(9-18-13)10(3)17/h9,11H,4-8H2,1-3H3. The van der Waals surface area contributed by atoms with Gasteiger partial charge in [0.05, 0.1) is 0 Å². The number of nitrogens with zero attached hydrogens (tertiary/aromatic N) is 3. The molecule has 0 amide bonds. The number of carbonyl (C=O) groups excluding carboxylic acids is 1. The number of Topliss-reactive ketones (excluding diaryl/α,β-unsaturated/α-hetero) is 1. The highest BCUT2D eigenvalue weighted by atomic mass is 32.1. The van der Waals surface area contributed by atoms with Crippen LogP contribution in [0.5, 0.6) is 0 Å². The van der Waals surface area contributed by atoms with Crippen molar-refractivity contribution in [2.45, 2.75) is 33.2 Å². The fourth-order valence-electron chi connectivity index (χ4n) is 2.52. The second-order valence-corrected chi connectivity index (χ2v) is 5.52. The third-order valence-electron chi connectivity index (χ3n) is 3.62. The van der Waals surface area contributed by atoms with E-state index >= 15 is 0 Å². The highest BCUT2D eigenvalue weighted by Gasteiger charge is 2.27. The summed E-state index contributed by atoms with van der Waals surface area (Å²) in [6.07, 6.45) is 1.19. The summed E-state index contributed by atoms with van der Waals surface area (Å²) in [5, 5.41) is 2.86. The number of ketones is 1. The minimum atomic E-state index is 0.0528. The molecule has 0 bridgehead atoms. The Balaban J connectivity index is 2.01. The van der Waals surface area contributed by atoms with Crippen LogP contribution in [0.4, 0.5) is 5.13 Å². The summed E-state index contributed by atoms with van der Waals surface area (Å²) >= 11 is 1.58. The van der Waals surface area contributed by atoms with Crippen LogP contribution in [0.2, 0.25) is 0 Å². The van der Waals surface area contributed by atoms with E-state index in [1.54, 1.807) is 18.3 Å². The molecule has 1 aromatic heterocycles. The van der Waals surface area contributed by atoms with E-state index in [9.17, 15) is 4.79 Å². The van der Waals surface area contributed by atoms with Gasteiger partial charge in [-0.2, -0.15) is 0 Å². The lowest BCUT2D eigenvalue weighted by atomic mass is 10.2. The SMILES string of the molecule is CCN(CC)C1CCN(c2nc(C(C)=O)cs2)C1. The number of hydrogen-bond donors (Lipinski definition) is 0. The van der Waals surface area contributed by atoms with Crippen molar-refractivity contribution in [2.24, 2.45) is 0 Å². The van der Waals surface area contributed by atoms with E-state index in [4.69, 9.17) is 0 Å². The molecule has 0 radical (unpaired) electrons. The molecule has 1 unspecified atom stereocenters. The molecule has 1 aromatic rings. The summed E-state index contributed by atoms with van der Waals surface area (Å²) < 4.78 is 0. The average molecular weight is 267 g/mol. The predicted molar refractivity (Wildman–Crippen MR) is 75.7 cm³/mol. The van der Waals surface area contributed by atoms with Crippen LogP contribution >= 0.6 is 11.3 Å². The number of carbonyl (C=O) groups is 1. The number of anilines is 1. The van der Waals surface area contributed by atoms with Crippen molar-refractivity contribution in [3.05, 3.63) is 11.1 Å². The Kier molecular flexibility index (Phi) is 4.35. The molecule has 0 saturated carbocycles. The van der Waals surface area contributed by atoms with E-state index < -0.39 is 0 Å². The molecule has 4 nitrogen and oxygen atoms in total. The smallest absolute Gasteiger partial charge is 0.186 e. The van der Waals surface area contributed by atoms with Crippen molar-refractivity contribution in [3.8, 4) is 0 Å². The molecule has 1 aliphatic heterocycles. The maximum Gasteiger partial charge on any atom is 0.186 e. The normalized spacial score (nSPS) is 19.8. The molecular formula is C13H21N3OS. The van der Waals surface area contributed by atoms with Crippen molar-refractivity contribution in [3.63, 3.8) is 0 Å². The van der Waals surface area contributed by atoms with Crippen molar-refractivity contribution in [1.82, 2.24) is 9.88 Å². The van der Waals surface area contributed by atoms with E-state index in [0.29, 0.717) is 11.7 Å². The van der Waals surface area contributed by atoms with E-state index in [-0.39, 0.29) is 5.78 Å². The van der Waals surface area contributed by atoms with Gasteiger partial charge in [0.15, 0.2) is 10.9 Å². The lowest BCUT2D eigenvalue weighted by Gasteiger charge is -2.25. The molecule has 1 fully saturated rings. The molecule has 5 heteroatoms. The van der Waals surface area contributed by atoms with Gasteiger partial charge in [-0.15, -0.1) is 11.3 Å². The maximum absolute atomic E-state index is 11.3. The molecule has 0 spiro atoms. The molecule has 2 heterocycles. The number of likely N-dealkylation sites (N-methyl/N-ethyl adjacent to an activating group) is 1. The minimum absolute atomic E-state index is 0.0528. The second kappa shape index (κ2) is 5.80. The zero-order valence-electron chi connectivity index (χ0n) is 11.3. The molecule has 1 atom stereocenters. The summed E-state index contributed by atoms with van der Waals surface area (Å²) in [6.45, 7) is 10.3. The molecular weight excluding hydrogens is 246 g/mol. The highest BCUT2D eigenvalue weighted by molar-refractivity contribution is 7.13. The molecule has 1 saturated heterocycles. The number of thiazole rings is 1. The van der Waals surface area contributed by atoms with Crippen molar-refractivity contribution < 1.29 is 4.79 Å². The number of aromatic nitrogens is 1. The van der Waals surface area contributed by atoms with Gasteiger partial charge in [0.25, 0.3) is 0 Å². The first-order valence-electron chi connectivity index (χ1n) is 6.61. The Morgan fingerprint density at radius 1 is 1.56 bits per heavy atom. The van der Waals surface area contributed by atoms with Crippen LogP contribution in [0, 0.1) is 0 Å². The van der Waals surface area contributed by atoms with Crippen LogP contribution in [0.1, 0.15) is 37.7 Å². The van der Waals surface area contributed by atoms with Crippen LogP contribution in [-0.4, -0.2) is 47.9 Å². The first-order chi connectivity index (χ1) is 8.65. The monoisotopic (exact) mass is 267 g/mol. The van der Waals surface area contributed by atoms with Crippen LogP contribution < -0.4 is 4.90 Å². The summed E-state index contributed by atoms with van der Waals surface area (Å²) in [7, 11) is 0. The molecule has 18 heavy (non-hydrogen) atoms. The lowest BCUT2D eigenvalue weighted by molar-refractivity contribution is 0.101. The topological polar surface area (TPSA) is 36.4 Å². The largest absolute Gasteiger partial charge is 0.346 e. The van der Waals surface area contributed by atoms with Gasteiger partial charge in [0.2, 0.25) is 0 Å². The summed E-state index contributed by atoms with van der Waals surface area (Å²) in [5.41, 5.74) is 0.598. The highest BCUT2D eigenvalue weighted by Crippen LogP contribution is 2.26. The van der Waals surface area contributed by atoms with Gasteiger partial charge < -0.3 is 4.90 Å². The third kappa shape index (κ3) is 2.72. The van der Waals surface area contributed by atoms with Gasteiger partial charge in [-0.1, -0.05) is 13.8 Å². The molecule has 100 valence electrons. The van der Waals surface area contributed by atoms with Crippen molar-refractivity contribution >= 4 is 22.3 Å². The summed E-state index contributed by atoms with van der Waals surface area (Å²) in [4.78, 5) is 20.5. The van der Waals surface area contributed by atoms with Crippen LogP contribution in [0.25, 0.3) is 0 Å². The Labute approximate surface area is 113 Å². The van der Waals surface area contributed by atoms with E-state index in [0.717, 1.165) is 31.3 Å². The predicted octanol–water partition coefficient (Wildman–Crippen LogP) is 2.27. The Morgan fingerprint density at radius 2 is 2.28 bits per heavy atom. The fraction of sp³-hybridized carbons (Fsp3) is 0.692. The zero-order chi connectivity index (χ0) is 13.1. The zero-order valence-corrected chi connectivity index (χ0v) is 12.2. The Morgan fingerprint density at radius 3 is 2.83 bits per heavy atom. The van der Waals surface area contributed by atoms with Crippen molar-refractivity contribution in [1.29, 1.82) is 0 Å². The average Bonchev–Trinajstić information content (AvgIpc) is 2.98. The van der Waals surface area contributed by atoms with Crippen molar-refractivity contribution in [2.75, 3.05) is 31.1 Å². The van der Waals surface area contributed by atoms with Crippen LogP contribution in [-0.2, 0) is 0 Å². The van der Waals surface area contributed by atoms with E-state index in [2.05, 4.69) is 28.6 Å². The molecule has 0 N–H and O–H groups in total. The van der Waals surface area contributed by atoms with E-state index in [1.807, 2.05) is 5.38 Å². The van der Waals surface area contributed by atoms with E-state index in [1.165, 1.54) is 6.42 Å². The Hall–Kier alpha value is -0.940. The number of hydrogen-bond acceptors (Lipinski definition) is 5. The lowest BCUT2D eigenvalue weighted by Crippen LogP contribution is -2.37. The maximum atomic E-state index is 11.3. The molecule has 0 aliphatic carbocycles. The number of rotatable bonds is 5. The van der Waals surface area contributed by atoms with Gasteiger partial charge in [-0.25, -0.2) is 4.98 Å². The van der Waals surface area contributed by atoms with Gasteiger partial charge in [0.1, 0.15) is 5.69 Å². The van der Waals surface area contributed by atoms with Gasteiger partial charge in [-0.3, -0.25) is 9.69 Å². The van der Waals surface area contributed by atoms with Crippen LogP contribution in [0.3, 0.4) is 0 Å². The first kappa shape index (κ1) is 13.5.